The monoisotopic (exact) mass is 429 g/mol. The topological polar surface area (TPSA) is 102 Å². The van der Waals surface area contributed by atoms with Crippen molar-refractivity contribution in [2.75, 3.05) is 11.9 Å². The number of likely N-dealkylation sites (tertiary alicyclic amines) is 1. The molecule has 9 heteroatoms. The zero-order chi connectivity index (χ0) is 22.5. The molecule has 1 aliphatic rings. The fraction of sp³-hybridized carbons (Fsp3) is 0.364. The maximum absolute atomic E-state index is 13.9. The smallest absolute Gasteiger partial charge is 0.271 e. The molecule has 1 aliphatic heterocycles. The number of ether oxygens (including phenoxy) is 1. The van der Waals surface area contributed by atoms with Crippen LogP contribution in [-0.4, -0.2) is 40.3 Å². The number of carbonyl (C=O) groups excluding carboxylic acids is 2. The Hall–Kier alpha value is -3.49. The first-order chi connectivity index (χ1) is 14.8. The van der Waals surface area contributed by atoms with Gasteiger partial charge in [-0.25, -0.2) is 4.39 Å². The van der Waals surface area contributed by atoms with Gasteiger partial charge in [0.15, 0.2) is 6.61 Å². The first kappa shape index (κ1) is 22.2. The molecule has 0 spiro atoms. The largest absolute Gasteiger partial charge is 0.484 e. The number of benzene rings is 2. The van der Waals surface area contributed by atoms with Crippen LogP contribution in [0.25, 0.3) is 0 Å². The van der Waals surface area contributed by atoms with Crippen molar-refractivity contribution in [3.63, 3.8) is 0 Å². The van der Waals surface area contributed by atoms with Crippen LogP contribution in [0.2, 0.25) is 0 Å². The van der Waals surface area contributed by atoms with Crippen molar-refractivity contribution < 1.29 is 23.6 Å². The Labute approximate surface area is 179 Å². The molecule has 8 nitrogen and oxygen atoms in total. The van der Waals surface area contributed by atoms with Gasteiger partial charge in [-0.05, 0) is 63.4 Å². The number of hydrogen-bond donors (Lipinski definition) is 1. The molecule has 2 unspecified atom stereocenters. The summed E-state index contributed by atoms with van der Waals surface area (Å²) < 4.78 is 19.4. The van der Waals surface area contributed by atoms with Crippen LogP contribution in [0.5, 0.6) is 5.75 Å². The summed E-state index contributed by atoms with van der Waals surface area (Å²) in [5, 5.41) is 13.2. The summed E-state index contributed by atoms with van der Waals surface area (Å²) in [5.41, 5.74) is -0.403. The lowest BCUT2D eigenvalue weighted by molar-refractivity contribution is -0.384. The maximum atomic E-state index is 13.9. The number of rotatable bonds is 6. The molecule has 2 aromatic rings. The van der Waals surface area contributed by atoms with E-state index in [0.29, 0.717) is 5.75 Å². The van der Waals surface area contributed by atoms with E-state index in [9.17, 15) is 24.1 Å². The molecule has 0 bridgehead atoms. The number of nitro groups is 1. The predicted molar refractivity (Wildman–Crippen MR) is 113 cm³/mol. The summed E-state index contributed by atoms with van der Waals surface area (Å²) in [6, 6.07) is 9.27. The van der Waals surface area contributed by atoms with Gasteiger partial charge in [0.2, 0.25) is 0 Å². The maximum Gasteiger partial charge on any atom is 0.271 e. The number of nitrogens with zero attached hydrogens (tertiary/aromatic N) is 2. The van der Waals surface area contributed by atoms with Gasteiger partial charge in [0.25, 0.3) is 17.5 Å². The number of piperidine rings is 1. The van der Waals surface area contributed by atoms with E-state index in [0.717, 1.165) is 37.5 Å². The first-order valence-corrected chi connectivity index (χ1v) is 10.1. The summed E-state index contributed by atoms with van der Waals surface area (Å²) in [4.78, 5) is 36.9. The Kier molecular flexibility index (Phi) is 6.84. The number of halogens is 1. The van der Waals surface area contributed by atoms with Crippen molar-refractivity contribution >= 4 is 23.2 Å². The highest BCUT2D eigenvalue weighted by molar-refractivity contribution is 6.04. The second kappa shape index (κ2) is 9.55. The minimum atomic E-state index is -0.779. The summed E-state index contributed by atoms with van der Waals surface area (Å²) >= 11 is 0. The molecule has 3 rings (SSSR count). The van der Waals surface area contributed by atoms with E-state index in [4.69, 9.17) is 4.74 Å². The van der Waals surface area contributed by atoms with E-state index in [-0.39, 0.29) is 41.5 Å². The van der Waals surface area contributed by atoms with Gasteiger partial charge >= 0.3 is 0 Å². The van der Waals surface area contributed by atoms with Crippen LogP contribution in [0.1, 0.15) is 43.5 Å². The van der Waals surface area contributed by atoms with Crippen LogP contribution >= 0.6 is 0 Å². The molecule has 1 N–H and O–H groups in total. The second-order valence-corrected chi connectivity index (χ2v) is 7.62. The van der Waals surface area contributed by atoms with E-state index >= 15 is 0 Å². The molecule has 164 valence electrons. The van der Waals surface area contributed by atoms with Gasteiger partial charge in [-0.2, -0.15) is 0 Å². The fourth-order valence-electron chi connectivity index (χ4n) is 3.75. The Morgan fingerprint density at radius 1 is 1.16 bits per heavy atom. The summed E-state index contributed by atoms with van der Waals surface area (Å²) in [6.45, 7) is 3.97. The Morgan fingerprint density at radius 2 is 1.81 bits per heavy atom. The van der Waals surface area contributed by atoms with Crippen LogP contribution in [0, 0.1) is 15.9 Å². The highest BCUT2D eigenvalue weighted by atomic mass is 19.1. The number of hydrogen-bond acceptors (Lipinski definition) is 5. The molecule has 2 aromatic carbocycles. The van der Waals surface area contributed by atoms with Gasteiger partial charge in [0.1, 0.15) is 11.6 Å². The zero-order valence-corrected chi connectivity index (χ0v) is 17.3. The molecule has 0 saturated carbocycles. The Morgan fingerprint density at radius 3 is 2.42 bits per heavy atom. The van der Waals surface area contributed by atoms with Gasteiger partial charge in [-0.15, -0.1) is 0 Å². The molecular weight excluding hydrogens is 405 g/mol. The zero-order valence-electron chi connectivity index (χ0n) is 17.3. The van der Waals surface area contributed by atoms with Gasteiger partial charge in [0, 0.05) is 29.8 Å². The molecule has 2 atom stereocenters. The lowest BCUT2D eigenvalue weighted by Crippen LogP contribution is -2.49. The number of nitrogens with one attached hydrogen (secondary N) is 1. The normalized spacial score (nSPS) is 18.4. The quantitative estimate of drug-likeness (QED) is 0.549. The number of anilines is 1. The lowest BCUT2D eigenvalue weighted by Gasteiger charge is -2.38. The standard InChI is InChI=1S/C22H24FN3O5/c1-14-4-3-5-15(2)25(14)21(27)13-31-18-9-6-16(7-10-18)22(28)24-20-12-17(26(29)30)8-11-19(20)23/h6-12,14-15H,3-5,13H2,1-2H3,(H,24,28). The Balaban J connectivity index is 1.60. The summed E-state index contributed by atoms with van der Waals surface area (Å²) in [5.74, 6) is -1.07. The van der Waals surface area contributed by atoms with Crippen LogP contribution in [-0.2, 0) is 4.79 Å². The van der Waals surface area contributed by atoms with Gasteiger partial charge in [-0.3, -0.25) is 19.7 Å². The van der Waals surface area contributed by atoms with Gasteiger partial charge in [-0.1, -0.05) is 0 Å². The van der Waals surface area contributed by atoms with Crippen LogP contribution in [0.15, 0.2) is 42.5 Å². The van der Waals surface area contributed by atoms with Crippen LogP contribution in [0.3, 0.4) is 0 Å². The minimum Gasteiger partial charge on any atom is -0.484 e. The van der Waals surface area contributed by atoms with Gasteiger partial charge in [0.05, 0.1) is 10.6 Å². The molecular formula is C22H24FN3O5. The molecule has 31 heavy (non-hydrogen) atoms. The Bertz CT molecular complexity index is 970. The number of amides is 2. The van der Waals surface area contributed by atoms with Crippen molar-refractivity contribution in [2.24, 2.45) is 0 Å². The van der Waals surface area contributed by atoms with Crippen LogP contribution < -0.4 is 10.1 Å². The van der Waals surface area contributed by atoms with Gasteiger partial charge < -0.3 is 15.0 Å². The molecule has 0 radical (unpaired) electrons. The second-order valence-electron chi connectivity index (χ2n) is 7.62. The molecule has 1 heterocycles. The first-order valence-electron chi connectivity index (χ1n) is 10.1. The molecule has 0 aliphatic carbocycles. The summed E-state index contributed by atoms with van der Waals surface area (Å²) in [7, 11) is 0. The van der Waals surface area contributed by atoms with E-state index in [2.05, 4.69) is 5.32 Å². The lowest BCUT2D eigenvalue weighted by atomic mass is 9.97. The number of nitro benzene ring substituents is 1. The third-order valence-corrected chi connectivity index (χ3v) is 5.37. The van der Waals surface area contributed by atoms with E-state index < -0.39 is 16.6 Å². The third-order valence-electron chi connectivity index (χ3n) is 5.37. The van der Waals surface area contributed by atoms with Crippen molar-refractivity contribution in [3.8, 4) is 5.75 Å². The predicted octanol–water partition coefficient (Wildman–Crippen LogP) is 4.15. The molecule has 0 aromatic heterocycles. The number of non-ortho nitro benzene ring substituents is 1. The average molecular weight is 429 g/mol. The summed E-state index contributed by atoms with van der Waals surface area (Å²) in [6.07, 6.45) is 3.06. The highest BCUT2D eigenvalue weighted by Gasteiger charge is 2.29. The van der Waals surface area contributed by atoms with Crippen molar-refractivity contribution in [3.05, 3.63) is 64.0 Å². The SMILES string of the molecule is CC1CCCC(C)N1C(=O)COc1ccc(C(=O)Nc2cc([N+](=O)[O-])ccc2F)cc1. The molecule has 1 fully saturated rings. The van der Waals surface area contributed by atoms with Crippen LogP contribution in [0.4, 0.5) is 15.8 Å². The number of carbonyl (C=O) groups is 2. The van der Waals surface area contributed by atoms with Crippen molar-refractivity contribution in [2.45, 2.75) is 45.2 Å². The van der Waals surface area contributed by atoms with Crippen molar-refractivity contribution in [1.82, 2.24) is 4.90 Å². The third kappa shape index (κ3) is 5.36. The highest BCUT2D eigenvalue weighted by Crippen LogP contribution is 2.24. The average Bonchev–Trinajstić information content (AvgIpc) is 2.73. The minimum absolute atomic E-state index is 0.0809. The van der Waals surface area contributed by atoms with E-state index in [1.165, 1.54) is 24.3 Å². The van der Waals surface area contributed by atoms with E-state index in [1.54, 1.807) is 0 Å². The van der Waals surface area contributed by atoms with E-state index in [1.807, 2.05) is 18.7 Å². The molecule has 1 saturated heterocycles. The van der Waals surface area contributed by atoms with Crippen molar-refractivity contribution in [1.29, 1.82) is 0 Å². The fourth-order valence-corrected chi connectivity index (χ4v) is 3.75. The molecule has 2 amide bonds.